The fourth-order valence-corrected chi connectivity index (χ4v) is 2.77. The second-order valence-corrected chi connectivity index (χ2v) is 5.32. The van der Waals surface area contributed by atoms with E-state index in [1.54, 1.807) is 7.11 Å². The van der Waals surface area contributed by atoms with Crippen molar-refractivity contribution in [3.63, 3.8) is 0 Å². The third-order valence-corrected chi connectivity index (χ3v) is 3.88. The average molecular weight is 289 g/mol. The molecule has 22 heavy (non-hydrogen) atoms. The first-order valence-electron chi connectivity index (χ1n) is 7.29. The van der Waals surface area contributed by atoms with Crippen LogP contribution in [0.3, 0.4) is 0 Å². The number of rotatable bonds is 3. The van der Waals surface area contributed by atoms with E-state index < -0.39 is 0 Å². The average Bonchev–Trinajstić information content (AvgIpc) is 2.56. The summed E-state index contributed by atoms with van der Waals surface area (Å²) < 4.78 is 5.30. The maximum atomic E-state index is 6.30. The third-order valence-electron chi connectivity index (χ3n) is 3.88. The van der Waals surface area contributed by atoms with Gasteiger partial charge in [0.1, 0.15) is 5.75 Å². The van der Waals surface area contributed by atoms with Gasteiger partial charge in [0.15, 0.2) is 0 Å². The second kappa shape index (κ2) is 5.94. The Morgan fingerprint density at radius 2 is 1.59 bits per heavy atom. The summed E-state index contributed by atoms with van der Waals surface area (Å²) in [6.07, 6.45) is 0. The number of ether oxygens (including phenoxy) is 1. The second-order valence-electron chi connectivity index (χ2n) is 5.32. The van der Waals surface area contributed by atoms with Gasteiger partial charge in [-0.15, -0.1) is 0 Å². The molecule has 2 nitrogen and oxygen atoms in total. The standard InChI is InChI=1S/C20H19NO/c1-14-13-16(22-2)11-12-17(14)20-18(9-6-10-19(20)21)15-7-4-3-5-8-15/h3-13H,21H2,1-2H3. The van der Waals surface area contributed by atoms with E-state index in [2.05, 4.69) is 31.2 Å². The number of methoxy groups -OCH3 is 1. The largest absolute Gasteiger partial charge is 0.497 e. The number of aryl methyl sites for hydroxylation is 1. The van der Waals surface area contributed by atoms with Crippen LogP contribution in [-0.2, 0) is 0 Å². The lowest BCUT2D eigenvalue weighted by Gasteiger charge is -2.16. The Morgan fingerprint density at radius 3 is 2.27 bits per heavy atom. The van der Waals surface area contributed by atoms with Gasteiger partial charge in [-0.3, -0.25) is 0 Å². The molecule has 0 spiro atoms. The minimum Gasteiger partial charge on any atom is -0.497 e. The van der Waals surface area contributed by atoms with Gasteiger partial charge in [0, 0.05) is 11.3 Å². The van der Waals surface area contributed by atoms with E-state index in [4.69, 9.17) is 10.5 Å². The molecule has 0 aliphatic carbocycles. The minimum absolute atomic E-state index is 0.787. The molecule has 0 saturated heterocycles. The van der Waals surface area contributed by atoms with E-state index in [-0.39, 0.29) is 0 Å². The van der Waals surface area contributed by atoms with Crippen molar-refractivity contribution in [3.8, 4) is 28.0 Å². The molecule has 3 rings (SSSR count). The highest BCUT2D eigenvalue weighted by Gasteiger charge is 2.13. The van der Waals surface area contributed by atoms with Crippen LogP contribution in [0.25, 0.3) is 22.3 Å². The molecule has 0 amide bonds. The highest BCUT2D eigenvalue weighted by Crippen LogP contribution is 2.38. The van der Waals surface area contributed by atoms with Gasteiger partial charge in [-0.2, -0.15) is 0 Å². The van der Waals surface area contributed by atoms with E-state index in [9.17, 15) is 0 Å². The molecule has 2 heteroatoms. The Labute approximate surface area is 131 Å². The summed E-state index contributed by atoms with van der Waals surface area (Å²) in [5.41, 5.74) is 12.8. The first-order chi connectivity index (χ1) is 10.7. The predicted molar refractivity (Wildman–Crippen MR) is 93.0 cm³/mol. The molecular formula is C20H19NO. The van der Waals surface area contributed by atoms with Crippen molar-refractivity contribution >= 4 is 5.69 Å². The molecule has 0 fully saturated rings. The molecule has 0 unspecified atom stereocenters. The van der Waals surface area contributed by atoms with E-state index in [1.165, 1.54) is 5.56 Å². The Bertz CT molecular complexity index is 794. The van der Waals surface area contributed by atoms with E-state index in [0.717, 1.165) is 33.7 Å². The lowest BCUT2D eigenvalue weighted by molar-refractivity contribution is 0.414. The van der Waals surface area contributed by atoms with E-state index >= 15 is 0 Å². The lowest BCUT2D eigenvalue weighted by atomic mass is 9.91. The Hall–Kier alpha value is -2.74. The molecule has 3 aromatic carbocycles. The van der Waals surface area contributed by atoms with E-state index in [0.29, 0.717) is 0 Å². The predicted octanol–water partition coefficient (Wildman–Crippen LogP) is 4.92. The van der Waals surface area contributed by atoms with Crippen molar-refractivity contribution < 1.29 is 4.74 Å². The molecule has 3 aromatic rings. The van der Waals surface area contributed by atoms with Crippen LogP contribution in [0.1, 0.15) is 5.56 Å². The van der Waals surface area contributed by atoms with Crippen LogP contribution in [-0.4, -0.2) is 7.11 Å². The summed E-state index contributed by atoms with van der Waals surface area (Å²) >= 11 is 0. The zero-order chi connectivity index (χ0) is 15.5. The molecule has 0 bridgehead atoms. The highest BCUT2D eigenvalue weighted by molar-refractivity contribution is 5.92. The van der Waals surface area contributed by atoms with E-state index in [1.807, 2.05) is 42.5 Å². The van der Waals surface area contributed by atoms with Crippen molar-refractivity contribution in [3.05, 3.63) is 72.3 Å². The topological polar surface area (TPSA) is 35.2 Å². The van der Waals surface area contributed by atoms with Gasteiger partial charge in [0.2, 0.25) is 0 Å². The number of hydrogen-bond acceptors (Lipinski definition) is 2. The van der Waals surface area contributed by atoms with Gasteiger partial charge in [-0.1, -0.05) is 48.5 Å². The Morgan fingerprint density at radius 1 is 0.818 bits per heavy atom. The number of benzene rings is 3. The van der Waals surface area contributed by atoms with Crippen LogP contribution < -0.4 is 10.5 Å². The monoisotopic (exact) mass is 289 g/mol. The Balaban J connectivity index is 2.23. The number of nitrogens with two attached hydrogens (primary N) is 1. The molecule has 0 heterocycles. The van der Waals surface area contributed by atoms with Gasteiger partial charge >= 0.3 is 0 Å². The molecule has 110 valence electrons. The maximum Gasteiger partial charge on any atom is 0.119 e. The summed E-state index contributed by atoms with van der Waals surface area (Å²) in [5, 5.41) is 0. The SMILES string of the molecule is COc1ccc(-c2c(N)cccc2-c2ccccc2)c(C)c1. The van der Waals surface area contributed by atoms with Crippen LogP contribution in [0.4, 0.5) is 5.69 Å². The molecular weight excluding hydrogens is 270 g/mol. The maximum absolute atomic E-state index is 6.30. The van der Waals surface area contributed by atoms with Crippen molar-refractivity contribution in [2.24, 2.45) is 0 Å². The Kier molecular flexibility index (Phi) is 3.84. The van der Waals surface area contributed by atoms with Gasteiger partial charge in [0.25, 0.3) is 0 Å². The fraction of sp³-hybridized carbons (Fsp3) is 0.100. The van der Waals surface area contributed by atoms with Crippen molar-refractivity contribution in [2.45, 2.75) is 6.92 Å². The van der Waals surface area contributed by atoms with Crippen LogP contribution in [0.15, 0.2) is 66.7 Å². The third kappa shape index (κ3) is 2.56. The first-order valence-corrected chi connectivity index (χ1v) is 7.29. The van der Waals surface area contributed by atoms with Crippen LogP contribution >= 0.6 is 0 Å². The lowest BCUT2D eigenvalue weighted by Crippen LogP contribution is -1.95. The number of hydrogen-bond donors (Lipinski definition) is 1. The molecule has 0 aliphatic rings. The summed E-state index contributed by atoms with van der Waals surface area (Å²) in [7, 11) is 1.68. The molecule has 2 N–H and O–H groups in total. The normalized spacial score (nSPS) is 10.5. The van der Waals surface area contributed by atoms with Crippen molar-refractivity contribution in [1.29, 1.82) is 0 Å². The van der Waals surface area contributed by atoms with Gasteiger partial charge < -0.3 is 10.5 Å². The van der Waals surface area contributed by atoms with Crippen molar-refractivity contribution in [2.75, 3.05) is 12.8 Å². The van der Waals surface area contributed by atoms with Gasteiger partial charge in [-0.25, -0.2) is 0 Å². The quantitative estimate of drug-likeness (QED) is 0.695. The van der Waals surface area contributed by atoms with Gasteiger partial charge in [0.05, 0.1) is 7.11 Å². The summed E-state index contributed by atoms with van der Waals surface area (Å²) in [5.74, 6) is 0.858. The van der Waals surface area contributed by atoms with Crippen LogP contribution in [0.2, 0.25) is 0 Å². The fourth-order valence-electron chi connectivity index (χ4n) is 2.77. The highest BCUT2D eigenvalue weighted by atomic mass is 16.5. The van der Waals surface area contributed by atoms with Crippen LogP contribution in [0.5, 0.6) is 5.75 Å². The molecule has 0 aromatic heterocycles. The summed E-state index contributed by atoms with van der Waals surface area (Å²) in [6.45, 7) is 2.08. The first kappa shape index (κ1) is 14.2. The van der Waals surface area contributed by atoms with Gasteiger partial charge in [-0.05, 0) is 47.4 Å². The van der Waals surface area contributed by atoms with Crippen LogP contribution in [0, 0.1) is 6.92 Å². The smallest absolute Gasteiger partial charge is 0.119 e. The zero-order valence-electron chi connectivity index (χ0n) is 12.8. The number of anilines is 1. The molecule has 0 radical (unpaired) electrons. The zero-order valence-corrected chi connectivity index (χ0v) is 12.8. The summed E-state index contributed by atoms with van der Waals surface area (Å²) in [4.78, 5) is 0. The minimum atomic E-state index is 0.787. The molecule has 0 saturated carbocycles. The molecule has 0 aliphatic heterocycles. The summed E-state index contributed by atoms with van der Waals surface area (Å²) in [6, 6.07) is 22.5. The number of nitrogen functional groups attached to an aromatic ring is 1. The van der Waals surface area contributed by atoms with Crippen molar-refractivity contribution in [1.82, 2.24) is 0 Å². The molecule has 0 atom stereocenters.